The smallest absolute Gasteiger partial charge is 0.332 e. The van der Waals surface area contributed by atoms with Crippen LogP contribution in [-0.2, 0) is 4.79 Å². The number of aryl methyl sites for hydroxylation is 2. The van der Waals surface area contributed by atoms with E-state index in [0.29, 0.717) is 12.1 Å². The molecule has 0 saturated carbocycles. The van der Waals surface area contributed by atoms with Crippen LogP contribution in [0.15, 0.2) is 53.4 Å². The number of rotatable bonds is 6. The van der Waals surface area contributed by atoms with E-state index in [1.807, 2.05) is 6.08 Å². The molecule has 5 heteroatoms. The van der Waals surface area contributed by atoms with Crippen molar-refractivity contribution in [3.05, 3.63) is 75.0 Å². The van der Waals surface area contributed by atoms with Gasteiger partial charge in [-0.05, 0) is 60.4 Å². The molecule has 3 rings (SSSR count). The lowest BCUT2D eigenvalue weighted by atomic mass is 9.96. The van der Waals surface area contributed by atoms with E-state index >= 15 is 0 Å². The topological polar surface area (TPSA) is 40.5 Å². The normalized spacial score (nSPS) is 15.2. The van der Waals surface area contributed by atoms with E-state index in [4.69, 9.17) is 0 Å². The van der Waals surface area contributed by atoms with Crippen LogP contribution in [0.2, 0.25) is 0 Å². The van der Waals surface area contributed by atoms with Crippen molar-refractivity contribution in [3.8, 4) is 0 Å². The molecular formula is C22H26ClNO2S. The average Bonchev–Trinajstić information content (AvgIpc) is 3.06. The summed E-state index contributed by atoms with van der Waals surface area (Å²) in [5.41, 5.74) is 5.68. The van der Waals surface area contributed by atoms with Gasteiger partial charge in [0.1, 0.15) is 0 Å². The highest BCUT2D eigenvalue weighted by Gasteiger charge is 2.17. The van der Waals surface area contributed by atoms with Crippen molar-refractivity contribution in [2.75, 3.05) is 19.6 Å². The van der Waals surface area contributed by atoms with Crippen LogP contribution in [0.3, 0.4) is 0 Å². The minimum atomic E-state index is -0.792. The lowest BCUT2D eigenvalue weighted by molar-refractivity contribution is -0.133. The van der Waals surface area contributed by atoms with E-state index in [-0.39, 0.29) is 12.4 Å². The Morgan fingerprint density at radius 3 is 2.67 bits per heavy atom. The molecule has 1 aliphatic rings. The van der Waals surface area contributed by atoms with Gasteiger partial charge in [-0.3, -0.25) is 4.90 Å². The van der Waals surface area contributed by atoms with Crippen molar-refractivity contribution in [1.82, 2.24) is 4.90 Å². The van der Waals surface area contributed by atoms with Gasteiger partial charge >= 0.3 is 5.97 Å². The Hall–Kier alpha value is -1.88. The molecule has 0 bridgehead atoms. The second-order valence-electron chi connectivity index (χ2n) is 6.75. The summed E-state index contributed by atoms with van der Waals surface area (Å²) in [6.45, 7) is 6.67. The highest BCUT2D eigenvalue weighted by molar-refractivity contribution is 7.11. The fourth-order valence-electron chi connectivity index (χ4n) is 3.39. The summed E-state index contributed by atoms with van der Waals surface area (Å²) in [6.07, 6.45) is 5.90. The Morgan fingerprint density at radius 2 is 2.00 bits per heavy atom. The van der Waals surface area contributed by atoms with Gasteiger partial charge in [0.15, 0.2) is 0 Å². The van der Waals surface area contributed by atoms with Crippen molar-refractivity contribution in [3.63, 3.8) is 0 Å². The highest BCUT2D eigenvalue weighted by Crippen LogP contribution is 2.32. The maximum atomic E-state index is 11.2. The highest BCUT2D eigenvalue weighted by atomic mass is 35.5. The van der Waals surface area contributed by atoms with Crippen molar-refractivity contribution in [2.24, 2.45) is 0 Å². The van der Waals surface area contributed by atoms with Gasteiger partial charge in [-0.1, -0.05) is 36.4 Å². The first-order valence-corrected chi connectivity index (χ1v) is 9.89. The molecule has 0 amide bonds. The van der Waals surface area contributed by atoms with Gasteiger partial charge in [0, 0.05) is 30.1 Å². The Morgan fingerprint density at radius 1 is 1.22 bits per heavy atom. The fourth-order valence-corrected chi connectivity index (χ4v) is 4.37. The third kappa shape index (κ3) is 5.32. The quantitative estimate of drug-likeness (QED) is 0.709. The van der Waals surface area contributed by atoms with E-state index in [9.17, 15) is 9.90 Å². The zero-order valence-corrected chi connectivity index (χ0v) is 17.4. The lowest BCUT2D eigenvalue weighted by Gasteiger charge is -2.25. The summed E-state index contributed by atoms with van der Waals surface area (Å²) in [7, 11) is 0. The molecule has 3 nitrogen and oxygen atoms in total. The predicted molar refractivity (Wildman–Crippen MR) is 116 cm³/mol. The second kappa shape index (κ2) is 9.88. The maximum absolute atomic E-state index is 11.2. The lowest BCUT2D eigenvalue weighted by Crippen LogP contribution is -2.32. The summed E-state index contributed by atoms with van der Waals surface area (Å²) < 4.78 is 0. The van der Waals surface area contributed by atoms with Gasteiger partial charge in [0.2, 0.25) is 0 Å². The molecule has 0 radical (unpaired) electrons. The van der Waals surface area contributed by atoms with Crippen LogP contribution >= 0.6 is 23.7 Å². The number of hydrogen-bond donors (Lipinski definition) is 1. The molecule has 0 saturated heterocycles. The van der Waals surface area contributed by atoms with Gasteiger partial charge in [-0.2, -0.15) is 0 Å². The van der Waals surface area contributed by atoms with Crippen LogP contribution in [0.1, 0.15) is 34.4 Å². The predicted octanol–water partition coefficient (Wildman–Crippen LogP) is 5.33. The van der Waals surface area contributed by atoms with Crippen LogP contribution < -0.4 is 0 Å². The van der Waals surface area contributed by atoms with Crippen LogP contribution in [0, 0.1) is 13.8 Å². The molecule has 1 aromatic heterocycles. The zero-order valence-electron chi connectivity index (χ0n) is 15.8. The maximum Gasteiger partial charge on any atom is 0.332 e. The van der Waals surface area contributed by atoms with Crippen molar-refractivity contribution in [1.29, 1.82) is 0 Å². The summed E-state index contributed by atoms with van der Waals surface area (Å²) in [5, 5.41) is 11.3. The van der Waals surface area contributed by atoms with E-state index in [0.717, 1.165) is 25.9 Å². The molecule has 1 aromatic carbocycles. The first-order valence-electron chi connectivity index (χ1n) is 9.01. The molecule has 0 unspecified atom stereocenters. The SMILES string of the molecule is Cc1ccccc1/C(=C/CCN1CCC=C(C(=O)O)C1)c1sccc1C.Cl. The molecule has 0 atom stereocenters. The summed E-state index contributed by atoms with van der Waals surface area (Å²) in [6, 6.07) is 10.7. The molecule has 144 valence electrons. The number of benzene rings is 1. The third-order valence-corrected chi connectivity index (χ3v) is 5.89. The minimum absolute atomic E-state index is 0. The molecule has 1 N–H and O–H groups in total. The number of nitrogens with zero attached hydrogens (tertiary/aromatic N) is 1. The zero-order chi connectivity index (χ0) is 18.5. The Kier molecular flexibility index (Phi) is 7.84. The Bertz CT molecular complexity index is 854. The number of carboxylic acid groups (broad SMARTS) is 1. The standard InChI is InChI=1S/C22H25NO2S.ClH/c1-16-7-3-4-9-19(16)20(21-17(2)11-14-26-21)10-6-13-23-12-5-8-18(15-23)22(24)25;/h3-4,7-11,14H,5-6,12-13,15H2,1-2H3,(H,24,25);1H/b20-10-;. The summed E-state index contributed by atoms with van der Waals surface area (Å²) in [5.74, 6) is -0.792. The number of carbonyl (C=O) groups is 1. The molecule has 27 heavy (non-hydrogen) atoms. The molecule has 1 aliphatic heterocycles. The van der Waals surface area contributed by atoms with Crippen molar-refractivity contribution < 1.29 is 9.90 Å². The molecule has 0 fully saturated rings. The number of thiophene rings is 1. The van der Waals surface area contributed by atoms with Crippen LogP contribution in [-0.4, -0.2) is 35.6 Å². The van der Waals surface area contributed by atoms with Gasteiger partial charge in [-0.25, -0.2) is 4.79 Å². The van der Waals surface area contributed by atoms with Gasteiger partial charge in [0.25, 0.3) is 0 Å². The number of halogens is 1. The Balaban J connectivity index is 0.00000261. The van der Waals surface area contributed by atoms with E-state index in [2.05, 4.69) is 60.5 Å². The van der Waals surface area contributed by atoms with Crippen LogP contribution in [0.4, 0.5) is 0 Å². The number of carboxylic acids is 1. The molecule has 0 spiro atoms. The first kappa shape index (κ1) is 21.4. The van der Waals surface area contributed by atoms with E-state index in [1.54, 1.807) is 11.3 Å². The second-order valence-corrected chi connectivity index (χ2v) is 7.67. The van der Waals surface area contributed by atoms with Gasteiger partial charge in [-0.15, -0.1) is 23.7 Å². The van der Waals surface area contributed by atoms with Gasteiger partial charge < -0.3 is 5.11 Å². The fraction of sp³-hybridized carbons (Fsp3) is 0.318. The number of hydrogen-bond acceptors (Lipinski definition) is 3. The molecular weight excluding hydrogens is 378 g/mol. The molecule has 0 aliphatic carbocycles. The monoisotopic (exact) mass is 403 g/mol. The van der Waals surface area contributed by atoms with Crippen molar-refractivity contribution in [2.45, 2.75) is 26.7 Å². The van der Waals surface area contributed by atoms with E-state index < -0.39 is 5.97 Å². The number of aliphatic carboxylic acids is 1. The van der Waals surface area contributed by atoms with Crippen LogP contribution in [0.5, 0.6) is 0 Å². The summed E-state index contributed by atoms with van der Waals surface area (Å²) >= 11 is 1.78. The van der Waals surface area contributed by atoms with E-state index in [1.165, 1.54) is 27.1 Å². The van der Waals surface area contributed by atoms with Crippen molar-refractivity contribution >= 4 is 35.3 Å². The minimum Gasteiger partial charge on any atom is -0.478 e. The Labute approximate surface area is 171 Å². The average molecular weight is 404 g/mol. The summed E-state index contributed by atoms with van der Waals surface area (Å²) in [4.78, 5) is 14.7. The molecule has 2 aromatic rings. The molecule has 2 heterocycles. The largest absolute Gasteiger partial charge is 0.478 e. The third-order valence-electron chi connectivity index (χ3n) is 4.84. The van der Waals surface area contributed by atoms with Gasteiger partial charge in [0.05, 0.1) is 0 Å². The first-order chi connectivity index (χ1) is 12.6. The van der Waals surface area contributed by atoms with Crippen LogP contribution in [0.25, 0.3) is 5.57 Å².